The molecular weight excluding hydrogens is 276 g/mol. The number of nitrogen functional groups attached to an aromatic ring is 1. The molecule has 7 nitrogen and oxygen atoms in total. The first-order valence-corrected chi connectivity index (χ1v) is 6.54. The number of hydrogen-bond donors (Lipinski definition) is 1. The number of amides is 1. The second-order valence-corrected chi connectivity index (χ2v) is 4.70. The summed E-state index contributed by atoms with van der Waals surface area (Å²) in [6, 6.07) is 3.16. The van der Waals surface area contributed by atoms with Crippen LogP contribution < -0.4 is 15.2 Å². The van der Waals surface area contributed by atoms with Gasteiger partial charge in [-0.1, -0.05) is 0 Å². The molecule has 0 saturated heterocycles. The van der Waals surface area contributed by atoms with Gasteiger partial charge in [0, 0.05) is 31.8 Å². The largest absolute Gasteiger partial charge is 0.469 e. The molecule has 0 fully saturated rings. The average Bonchev–Trinajstić information content (AvgIpc) is 2.92. The fourth-order valence-corrected chi connectivity index (χ4v) is 2.01. The van der Waals surface area contributed by atoms with E-state index in [1.165, 1.54) is 12.0 Å². The van der Waals surface area contributed by atoms with E-state index in [1.54, 1.807) is 19.2 Å². The molecule has 2 rings (SSSR count). The number of fused-ring (bicyclic) bond motifs is 1. The van der Waals surface area contributed by atoms with E-state index in [0.717, 1.165) is 0 Å². The van der Waals surface area contributed by atoms with Crippen LogP contribution in [0, 0.1) is 0 Å². The first kappa shape index (κ1) is 15.0. The Balaban J connectivity index is 2.01. The third-order valence-electron chi connectivity index (χ3n) is 3.22. The van der Waals surface area contributed by atoms with Gasteiger partial charge in [-0.25, -0.2) is 0 Å². The predicted octanol–water partition coefficient (Wildman–Crippen LogP) is 1.02. The van der Waals surface area contributed by atoms with Crippen LogP contribution in [0.2, 0.25) is 0 Å². The summed E-state index contributed by atoms with van der Waals surface area (Å²) in [5.41, 5.74) is 6.57. The van der Waals surface area contributed by atoms with Gasteiger partial charge in [-0.05, 0) is 12.5 Å². The number of carbonyl (C=O) groups is 2. The minimum Gasteiger partial charge on any atom is -0.469 e. The summed E-state index contributed by atoms with van der Waals surface area (Å²) in [6.45, 7) is 0.559. The van der Waals surface area contributed by atoms with Crippen LogP contribution in [-0.2, 0) is 9.53 Å². The van der Waals surface area contributed by atoms with Gasteiger partial charge in [0.2, 0.25) is 6.79 Å². The molecular formula is C14H18N2O5. The Kier molecular flexibility index (Phi) is 4.52. The van der Waals surface area contributed by atoms with Crippen LogP contribution in [0.3, 0.4) is 0 Å². The third kappa shape index (κ3) is 3.36. The van der Waals surface area contributed by atoms with Crippen LogP contribution in [0.4, 0.5) is 5.69 Å². The van der Waals surface area contributed by atoms with Crippen molar-refractivity contribution in [2.75, 3.05) is 33.2 Å². The van der Waals surface area contributed by atoms with Crippen LogP contribution in [0.5, 0.6) is 11.5 Å². The fraction of sp³-hybridized carbons (Fsp3) is 0.429. The molecule has 0 aliphatic carbocycles. The highest BCUT2D eigenvalue weighted by Gasteiger charge is 2.21. The molecule has 0 saturated carbocycles. The molecule has 114 valence electrons. The van der Waals surface area contributed by atoms with Gasteiger partial charge in [0.25, 0.3) is 5.91 Å². The number of carbonyl (C=O) groups excluding carboxylic acids is 2. The normalized spacial score (nSPS) is 12.1. The lowest BCUT2D eigenvalue weighted by atomic mass is 10.1. The number of benzene rings is 1. The summed E-state index contributed by atoms with van der Waals surface area (Å²) in [6.07, 6.45) is 0.796. The van der Waals surface area contributed by atoms with E-state index in [4.69, 9.17) is 15.2 Å². The van der Waals surface area contributed by atoms with Gasteiger partial charge in [0.05, 0.1) is 12.7 Å². The van der Waals surface area contributed by atoms with Crippen molar-refractivity contribution in [3.63, 3.8) is 0 Å². The van der Waals surface area contributed by atoms with Crippen molar-refractivity contribution >= 4 is 17.6 Å². The molecule has 2 N–H and O–H groups in total. The van der Waals surface area contributed by atoms with Crippen LogP contribution in [-0.4, -0.2) is 44.3 Å². The van der Waals surface area contributed by atoms with Crippen molar-refractivity contribution in [2.45, 2.75) is 12.8 Å². The first-order chi connectivity index (χ1) is 10.0. The number of nitrogens with zero attached hydrogens (tertiary/aromatic N) is 1. The maximum absolute atomic E-state index is 12.3. The predicted molar refractivity (Wildman–Crippen MR) is 75.2 cm³/mol. The Morgan fingerprint density at radius 2 is 2.00 bits per heavy atom. The number of nitrogens with two attached hydrogens (primary N) is 1. The Morgan fingerprint density at radius 3 is 2.67 bits per heavy atom. The first-order valence-electron chi connectivity index (χ1n) is 6.54. The van der Waals surface area contributed by atoms with Crippen LogP contribution in [0.1, 0.15) is 23.2 Å². The summed E-state index contributed by atoms with van der Waals surface area (Å²) in [5, 5.41) is 0. The molecule has 0 atom stereocenters. The molecule has 0 spiro atoms. The second-order valence-electron chi connectivity index (χ2n) is 4.70. The van der Waals surface area contributed by atoms with E-state index in [-0.39, 0.29) is 25.1 Å². The van der Waals surface area contributed by atoms with E-state index >= 15 is 0 Å². The molecule has 1 heterocycles. The lowest BCUT2D eigenvalue weighted by Crippen LogP contribution is -2.28. The van der Waals surface area contributed by atoms with Crippen molar-refractivity contribution in [2.24, 2.45) is 0 Å². The molecule has 1 amide bonds. The van der Waals surface area contributed by atoms with E-state index < -0.39 is 0 Å². The van der Waals surface area contributed by atoms with Crippen molar-refractivity contribution in [1.29, 1.82) is 0 Å². The number of anilines is 1. The second kappa shape index (κ2) is 6.34. The molecule has 0 unspecified atom stereocenters. The molecule has 0 radical (unpaired) electrons. The van der Waals surface area contributed by atoms with Gasteiger partial charge < -0.3 is 24.8 Å². The van der Waals surface area contributed by atoms with Crippen molar-refractivity contribution in [3.8, 4) is 11.5 Å². The van der Waals surface area contributed by atoms with E-state index in [9.17, 15) is 9.59 Å². The number of esters is 1. The maximum Gasteiger partial charge on any atom is 0.305 e. The average molecular weight is 294 g/mol. The zero-order chi connectivity index (χ0) is 15.4. The van der Waals surface area contributed by atoms with Gasteiger partial charge in [0.15, 0.2) is 11.5 Å². The maximum atomic E-state index is 12.3. The standard InChI is InChI=1S/C14H18N2O5/c1-16(5-3-4-13(17)19-2)14(18)9-6-11-12(7-10(9)15)21-8-20-11/h6-7H,3-5,8,15H2,1-2H3. The van der Waals surface area contributed by atoms with Gasteiger partial charge in [0.1, 0.15) is 0 Å². The summed E-state index contributed by atoms with van der Waals surface area (Å²) in [5.74, 6) is 0.530. The van der Waals surface area contributed by atoms with Crippen molar-refractivity contribution < 1.29 is 23.8 Å². The summed E-state index contributed by atoms with van der Waals surface area (Å²) in [7, 11) is 2.99. The Bertz CT molecular complexity index is 559. The summed E-state index contributed by atoms with van der Waals surface area (Å²) < 4.78 is 15.0. The summed E-state index contributed by atoms with van der Waals surface area (Å²) >= 11 is 0. The number of methoxy groups -OCH3 is 1. The zero-order valence-electron chi connectivity index (χ0n) is 12.0. The van der Waals surface area contributed by atoms with E-state index in [2.05, 4.69) is 4.74 Å². The molecule has 21 heavy (non-hydrogen) atoms. The van der Waals surface area contributed by atoms with Gasteiger partial charge in [-0.2, -0.15) is 0 Å². The van der Waals surface area contributed by atoms with Crippen molar-refractivity contribution in [3.05, 3.63) is 17.7 Å². The summed E-state index contributed by atoms with van der Waals surface area (Å²) in [4.78, 5) is 24.9. The quantitative estimate of drug-likeness (QED) is 0.644. The number of rotatable bonds is 5. The monoisotopic (exact) mass is 294 g/mol. The lowest BCUT2D eigenvalue weighted by Gasteiger charge is -2.18. The third-order valence-corrected chi connectivity index (χ3v) is 3.22. The number of ether oxygens (including phenoxy) is 3. The van der Waals surface area contributed by atoms with Gasteiger partial charge >= 0.3 is 5.97 Å². The zero-order valence-corrected chi connectivity index (χ0v) is 12.0. The Hall–Kier alpha value is -2.44. The molecule has 1 aromatic carbocycles. The van der Waals surface area contributed by atoms with E-state index in [1.807, 2.05) is 0 Å². The minimum atomic E-state index is -0.293. The Labute approximate surface area is 122 Å². The Morgan fingerprint density at radius 1 is 1.33 bits per heavy atom. The molecule has 1 aliphatic heterocycles. The van der Waals surface area contributed by atoms with Crippen molar-refractivity contribution in [1.82, 2.24) is 4.90 Å². The fourth-order valence-electron chi connectivity index (χ4n) is 2.01. The van der Waals surface area contributed by atoms with Gasteiger partial charge in [-0.3, -0.25) is 9.59 Å². The number of hydrogen-bond acceptors (Lipinski definition) is 6. The topological polar surface area (TPSA) is 91.1 Å². The molecule has 7 heteroatoms. The SMILES string of the molecule is COC(=O)CCCN(C)C(=O)c1cc2c(cc1N)OCO2. The lowest BCUT2D eigenvalue weighted by molar-refractivity contribution is -0.140. The highest BCUT2D eigenvalue weighted by atomic mass is 16.7. The highest BCUT2D eigenvalue weighted by Crippen LogP contribution is 2.36. The van der Waals surface area contributed by atoms with Gasteiger partial charge in [-0.15, -0.1) is 0 Å². The van der Waals surface area contributed by atoms with Crippen LogP contribution in [0.15, 0.2) is 12.1 Å². The van der Waals surface area contributed by atoms with E-state index in [0.29, 0.717) is 35.7 Å². The van der Waals surface area contributed by atoms with Crippen LogP contribution in [0.25, 0.3) is 0 Å². The molecule has 1 aliphatic rings. The van der Waals surface area contributed by atoms with Crippen LogP contribution >= 0.6 is 0 Å². The minimum absolute atomic E-state index is 0.126. The molecule has 1 aromatic rings. The molecule has 0 bridgehead atoms. The highest BCUT2D eigenvalue weighted by molar-refractivity contribution is 6.00. The molecule has 0 aromatic heterocycles. The smallest absolute Gasteiger partial charge is 0.305 e.